The number of rotatable bonds is 4. The number of ether oxygens (including phenoxy) is 1. The summed E-state index contributed by atoms with van der Waals surface area (Å²) in [6, 6.07) is 5.95. The highest BCUT2D eigenvalue weighted by Crippen LogP contribution is 2.39. The number of alkyl halides is 1. The van der Waals surface area contributed by atoms with Crippen LogP contribution in [0.2, 0.25) is 5.15 Å². The number of carbonyl (C=O) groups excluding carboxylic acids is 1. The number of aromatic nitrogens is 4. The lowest BCUT2D eigenvalue weighted by atomic mass is 9.85. The number of piperidine rings is 1. The summed E-state index contributed by atoms with van der Waals surface area (Å²) in [6.45, 7) is 5.57. The molecule has 5 rings (SSSR count). The Hall–Kier alpha value is -3.45. The van der Waals surface area contributed by atoms with E-state index in [0.29, 0.717) is 57.8 Å². The molecule has 0 unspecified atom stereocenters. The molecule has 1 aliphatic heterocycles. The van der Waals surface area contributed by atoms with Gasteiger partial charge in [0.2, 0.25) is 5.95 Å². The zero-order chi connectivity index (χ0) is 25.6. The zero-order valence-electron chi connectivity index (χ0n) is 20.3. The van der Waals surface area contributed by atoms with Gasteiger partial charge < -0.3 is 15.0 Å². The molecule has 188 valence electrons. The number of likely N-dealkylation sites (tertiary alicyclic amines) is 1. The minimum atomic E-state index is -1.35. The number of anilines is 2. The van der Waals surface area contributed by atoms with Crippen LogP contribution in [0.25, 0.3) is 10.9 Å². The molecule has 3 heterocycles. The third-order valence-electron chi connectivity index (χ3n) is 6.34. The van der Waals surface area contributed by atoms with Gasteiger partial charge in [0.25, 0.3) is 0 Å². The first-order valence-electron chi connectivity index (χ1n) is 12.0. The van der Waals surface area contributed by atoms with Crippen LogP contribution in [0.15, 0.2) is 24.5 Å². The quantitative estimate of drug-likeness (QED) is 0.493. The Morgan fingerprint density at radius 1 is 1.28 bits per heavy atom. The van der Waals surface area contributed by atoms with Crippen LogP contribution in [0.3, 0.4) is 0 Å². The smallest absolute Gasteiger partial charge is 0.410 e. The normalized spacial score (nSPS) is 20.3. The maximum atomic E-state index is 15.3. The first-order valence-corrected chi connectivity index (χ1v) is 12.3. The van der Waals surface area contributed by atoms with Gasteiger partial charge in [-0.15, -0.1) is 0 Å². The number of carbonyl (C=O) groups is 1. The predicted octanol–water partition coefficient (Wildman–Crippen LogP) is 5.49. The number of nitrogens with one attached hydrogen (secondary N) is 1. The highest BCUT2D eigenvalue weighted by atomic mass is 35.5. The number of hydrogen-bond acceptors (Lipinski definition) is 7. The fraction of sp³-hybridized carbons (Fsp3) is 0.480. The van der Waals surface area contributed by atoms with Crippen molar-refractivity contribution in [2.75, 3.05) is 18.4 Å². The van der Waals surface area contributed by atoms with Crippen LogP contribution < -0.4 is 5.32 Å². The van der Waals surface area contributed by atoms with E-state index in [1.165, 1.54) is 4.90 Å². The van der Waals surface area contributed by atoms with Crippen LogP contribution in [-0.2, 0) is 4.74 Å². The zero-order valence-corrected chi connectivity index (χ0v) is 21.1. The molecule has 36 heavy (non-hydrogen) atoms. The van der Waals surface area contributed by atoms with Crippen molar-refractivity contribution in [2.45, 2.75) is 63.8 Å². The molecule has 1 amide bonds. The summed E-state index contributed by atoms with van der Waals surface area (Å²) in [5.74, 6) is -0.215. The number of hydrogen-bond donors (Lipinski definition) is 1. The molecule has 1 aromatic carbocycles. The summed E-state index contributed by atoms with van der Waals surface area (Å²) in [5.41, 5.74) is 1.48. The van der Waals surface area contributed by atoms with E-state index in [2.05, 4.69) is 26.5 Å². The molecule has 2 aliphatic rings. The second kappa shape index (κ2) is 9.21. The summed E-state index contributed by atoms with van der Waals surface area (Å²) in [6.07, 6.45) is 3.87. The Bertz CT molecular complexity index is 1360. The topological polar surface area (TPSA) is 109 Å². The highest BCUT2D eigenvalue weighted by Gasteiger charge is 2.35. The van der Waals surface area contributed by atoms with Crippen LogP contribution in [-0.4, -0.2) is 55.6 Å². The van der Waals surface area contributed by atoms with E-state index in [9.17, 15) is 10.1 Å². The van der Waals surface area contributed by atoms with E-state index in [4.69, 9.17) is 16.3 Å². The van der Waals surface area contributed by atoms with Gasteiger partial charge in [-0.1, -0.05) is 11.6 Å². The number of halogens is 2. The number of amides is 1. The van der Waals surface area contributed by atoms with Crippen molar-refractivity contribution >= 4 is 40.2 Å². The van der Waals surface area contributed by atoms with Crippen LogP contribution >= 0.6 is 11.6 Å². The molecule has 1 saturated heterocycles. The molecule has 1 aliphatic carbocycles. The van der Waals surface area contributed by atoms with Crippen LogP contribution in [0.4, 0.5) is 20.8 Å². The Morgan fingerprint density at radius 2 is 2.06 bits per heavy atom. The van der Waals surface area contributed by atoms with Crippen molar-refractivity contribution in [3.8, 4) is 6.07 Å². The Balaban J connectivity index is 1.38. The van der Waals surface area contributed by atoms with E-state index in [1.54, 1.807) is 50.0 Å². The first kappa shape index (κ1) is 24.3. The molecule has 0 radical (unpaired) electrons. The summed E-state index contributed by atoms with van der Waals surface area (Å²) >= 11 is 6.45. The van der Waals surface area contributed by atoms with E-state index >= 15 is 4.39 Å². The van der Waals surface area contributed by atoms with Crippen LogP contribution in [0.1, 0.15) is 63.1 Å². The first-order chi connectivity index (χ1) is 17.1. The van der Waals surface area contributed by atoms with E-state index in [-0.39, 0.29) is 6.54 Å². The molecule has 0 spiro atoms. The minimum Gasteiger partial charge on any atom is -0.444 e. The van der Waals surface area contributed by atoms with Crippen molar-refractivity contribution in [3.05, 3.63) is 40.8 Å². The average Bonchev–Trinajstić information content (AvgIpc) is 3.60. The second-order valence-corrected chi connectivity index (χ2v) is 10.6. The van der Waals surface area contributed by atoms with Gasteiger partial charge >= 0.3 is 6.09 Å². The molecular formula is C25H27ClFN7O2. The Morgan fingerprint density at radius 3 is 2.72 bits per heavy atom. The molecule has 9 nitrogen and oxygen atoms in total. The van der Waals surface area contributed by atoms with Crippen LogP contribution in [0.5, 0.6) is 0 Å². The van der Waals surface area contributed by atoms with Gasteiger partial charge in [-0.25, -0.2) is 23.8 Å². The van der Waals surface area contributed by atoms with Gasteiger partial charge in [0.1, 0.15) is 11.8 Å². The summed E-state index contributed by atoms with van der Waals surface area (Å²) in [7, 11) is 0. The summed E-state index contributed by atoms with van der Waals surface area (Å²) in [4.78, 5) is 22.7. The van der Waals surface area contributed by atoms with Gasteiger partial charge in [-0.3, -0.25) is 0 Å². The van der Waals surface area contributed by atoms with Crippen LogP contribution in [0, 0.1) is 11.3 Å². The van der Waals surface area contributed by atoms with Gasteiger partial charge in [-0.2, -0.15) is 10.4 Å². The Labute approximate surface area is 213 Å². The third-order valence-corrected chi connectivity index (χ3v) is 6.71. The minimum absolute atomic E-state index is 0.0947. The number of fused-ring (bicyclic) bond motifs is 1. The molecular weight excluding hydrogens is 485 g/mol. The number of nitrogens with zero attached hydrogens (tertiary/aromatic N) is 6. The van der Waals surface area contributed by atoms with Gasteiger partial charge in [0, 0.05) is 24.0 Å². The van der Waals surface area contributed by atoms with E-state index in [0.717, 1.165) is 12.8 Å². The van der Waals surface area contributed by atoms with Gasteiger partial charge in [0.05, 0.1) is 41.6 Å². The fourth-order valence-electron chi connectivity index (χ4n) is 4.43. The molecule has 2 fully saturated rings. The average molecular weight is 512 g/mol. The molecule has 11 heteroatoms. The molecule has 0 bridgehead atoms. The lowest BCUT2D eigenvalue weighted by Gasteiger charge is -2.36. The molecule has 2 aromatic heterocycles. The highest BCUT2D eigenvalue weighted by molar-refractivity contribution is 6.32. The van der Waals surface area contributed by atoms with Crippen molar-refractivity contribution in [1.29, 1.82) is 5.26 Å². The third kappa shape index (κ3) is 4.93. The predicted molar refractivity (Wildman–Crippen MR) is 133 cm³/mol. The summed E-state index contributed by atoms with van der Waals surface area (Å²) in [5, 5.41) is 18.4. The second-order valence-electron chi connectivity index (χ2n) is 10.3. The monoisotopic (exact) mass is 511 g/mol. The lowest BCUT2D eigenvalue weighted by molar-refractivity contribution is 0.0111. The molecule has 3 aromatic rings. The van der Waals surface area contributed by atoms with Crippen molar-refractivity contribution < 1.29 is 13.9 Å². The van der Waals surface area contributed by atoms with Crippen molar-refractivity contribution in [1.82, 2.24) is 24.6 Å². The SMILES string of the molecule is CC(C)(C)OC(=O)N1CC[C@@H](c2cc3nc(Nc4cnn(C5CC5)c4Cl)ncc3cc2C#N)[C@H](F)C1. The fourth-order valence-corrected chi connectivity index (χ4v) is 4.71. The van der Waals surface area contributed by atoms with Crippen molar-refractivity contribution in [2.24, 2.45) is 0 Å². The van der Waals surface area contributed by atoms with E-state index < -0.39 is 23.8 Å². The maximum Gasteiger partial charge on any atom is 0.410 e. The maximum absolute atomic E-state index is 15.3. The lowest BCUT2D eigenvalue weighted by Crippen LogP contribution is -2.46. The number of nitriles is 1. The van der Waals surface area contributed by atoms with Crippen molar-refractivity contribution in [3.63, 3.8) is 0 Å². The Kier molecular flexibility index (Phi) is 6.20. The molecule has 1 saturated carbocycles. The van der Waals surface area contributed by atoms with Gasteiger partial charge in [-0.05, 0) is 57.7 Å². The van der Waals surface area contributed by atoms with Gasteiger partial charge in [0.15, 0.2) is 5.15 Å². The molecule has 2 atom stereocenters. The summed E-state index contributed by atoms with van der Waals surface area (Å²) < 4.78 is 22.5. The standard InChI is InChI=1S/C25H27ClFN7O2/c1-25(2,3)36-24(35)33-7-6-17(19(27)13-33)18-9-20-15(8-14(18)10-28)11-29-23(31-20)32-21-12-30-34(22(21)26)16-4-5-16/h8-9,11-12,16-17,19H,4-7,13H2,1-3H3,(H,29,31,32)/t17-,19+/m0/s1. The van der Waals surface area contributed by atoms with E-state index in [1.807, 2.05) is 0 Å². The number of benzene rings is 1. The molecule has 1 N–H and O–H groups in total. The largest absolute Gasteiger partial charge is 0.444 e.